The zero-order valence-electron chi connectivity index (χ0n) is 15.1. The Morgan fingerprint density at radius 3 is 2.33 bits per heavy atom. The molecular weight excluding hydrogens is 355 g/mol. The summed E-state index contributed by atoms with van der Waals surface area (Å²) in [6, 6.07) is 1.64. The lowest BCUT2D eigenvalue weighted by Gasteiger charge is -2.22. The molecule has 2 aliphatic rings. The van der Waals surface area contributed by atoms with Gasteiger partial charge in [0, 0.05) is 25.5 Å². The summed E-state index contributed by atoms with van der Waals surface area (Å²) in [5.41, 5.74) is -0.504. The van der Waals surface area contributed by atoms with Crippen LogP contribution in [-0.4, -0.2) is 40.0 Å². The van der Waals surface area contributed by atoms with Crippen molar-refractivity contribution in [1.29, 1.82) is 0 Å². The maximum atomic E-state index is 13.4. The molecule has 1 aliphatic carbocycles. The predicted molar refractivity (Wildman–Crippen MR) is 95.7 cm³/mol. The Kier molecular flexibility index (Phi) is 5.48. The Hall–Kier alpha value is -2.44. The minimum Gasteiger partial charge on any atom is -0.335 e. The van der Waals surface area contributed by atoms with E-state index in [1.54, 1.807) is 24.0 Å². The van der Waals surface area contributed by atoms with Crippen molar-refractivity contribution < 1.29 is 18.0 Å². The van der Waals surface area contributed by atoms with Gasteiger partial charge in [0.2, 0.25) is 5.82 Å². The van der Waals surface area contributed by atoms with Crippen molar-refractivity contribution >= 4 is 5.91 Å². The van der Waals surface area contributed by atoms with Crippen molar-refractivity contribution in [1.82, 2.24) is 14.9 Å². The lowest BCUT2D eigenvalue weighted by atomic mass is 9.90. The standard InChI is InChI=1S/C20H22F3N3O/c1-3-4-6-17(20(21,22)23)13(2)14-9-15-11-26(12-16(15)10-14)19(27)18-24-7-5-8-25-18/h3-8,14-16H,2,9-12H2,1H3/b4-3-,17-6+/t14-,15-,16+. The molecule has 144 valence electrons. The molecule has 2 fully saturated rings. The number of amides is 1. The van der Waals surface area contributed by atoms with Crippen molar-refractivity contribution in [2.45, 2.75) is 25.9 Å². The first kappa shape index (κ1) is 19.3. The molecular formula is C20H22F3N3O. The molecule has 27 heavy (non-hydrogen) atoms. The maximum Gasteiger partial charge on any atom is 0.416 e. The highest BCUT2D eigenvalue weighted by atomic mass is 19.4. The number of hydrogen-bond donors (Lipinski definition) is 0. The molecule has 0 N–H and O–H groups in total. The molecule has 1 saturated heterocycles. The molecule has 1 amide bonds. The van der Waals surface area contributed by atoms with E-state index in [9.17, 15) is 18.0 Å². The fourth-order valence-corrected chi connectivity index (χ4v) is 4.10. The first-order valence-electron chi connectivity index (χ1n) is 8.97. The molecule has 0 aromatic carbocycles. The Balaban J connectivity index is 1.66. The van der Waals surface area contributed by atoms with Crippen molar-refractivity contribution in [2.24, 2.45) is 17.8 Å². The molecule has 0 bridgehead atoms. The van der Waals surface area contributed by atoms with Gasteiger partial charge in [0.05, 0.1) is 5.57 Å². The highest BCUT2D eigenvalue weighted by molar-refractivity contribution is 5.90. The van der Waals surface area contributed by atoms with Gasteiger partial charge in [-0.1, -0.05) is 24.8 Å². The molecule has 0 spiro atoms. The van der Waals surface area contributed by atoms with E-state index in [-0.39, 0.29) is 35.1 Å². The molecule has 3 atom stereocenters. The predicted octanol–water partition coefficient (Wildman–Crippen LogP) is 4.20. The van der Waals surface area contributed by atoms with Crippen molar-refractivity contribution in [3.63, 3.8) is 0 Å². The van der Waals surface area contributed by atoms with Gasteiger partial charge in [0.1, 0.15) is 0 Å². The second kappa shape index (κ2) is 7.66. The minimum atomic E-state index is -4.42. The van der Waals surface area contributed by atoms with E-state index in [0.29, 0.717) is 25.9 Å². The van der Waals surface area contributed by atoms with E-state index in [1.165, 1.54) is 18.5 Å². The van der Waals surface area contributed by atoms with Gasteiger partial charge in [-0.2, -0.15) is 13.2 Å². The monoisotopic (exact) mass is 377 g/mol. The highest BCUT2D eigenvalue weighted by Gasteiger charge is 2.46. The molecule has 3 rings (SSSR count). The Morgan fingerprint density at radius 1 is 1.22 bits per heavy atom. The van der Waals surface area contributed by atoms with Gasteiger partial charge < -0.3 is 4.90 Å². The zero-order chi connectivity index (χ0) is 19.6. The summed E-state index contributed by atoms with van der Waals surface area (Å²) in [6.07, 6.45) is 3.92. The minimum absolute atomic E-state index is 0.152. The number of hydrogen-bond acceptors (Lipinski definition) is 3. The quantitative estimate of drug-likeness (QED) is 0.739. The van der Waals surface area contributed by atoms with Gasteiger partial charge >= 0.3 is 6.18 Å². The molecule has 1 aromatic heterocycles. The van der Waals surface area contributed by atoms with E-state index < -0.39 is 11.7 Å². The second-order valence-electron chi connectivity index (χ2n) is 7.10. The van der Waals surface area contributed by atoms with Gasteiger partial charge in [-0.3, -0.25) is 4.79 Å². The van der Waals surface area contributed by atoms with Crippen LogP contribution in [0.2, 0.25) is 0 Å². The van der Waals surface area contributed by atoms with Gasteiger partial charge in [-0.25, -0.2) is 9.97 Å². The SMILES string of the molecule is C=C(/C(=C\C=C/C)C(F)(F)F)[C@@H]1C[C@@H]2CN(C(=O)c3ncccn3)C[C@@H]2C1. The molecule has 4 nitrogen and oxygen atoms in total. The number of alkyl halides is 3. The number of carbonyl (C=O) groups excluding carboxylic acids is 1. The summed E-state index contributed by atoms with van der Waals surface area (Å²) in [4.78, 5) is 22.1. The third kappa shape index (κ3) is 4.12. The molecule has 0 unspecified atom stereocenters. The number of nitrogens with zero attached hydrogens (tertiary/aromatic N) is 3. The maximum absolute atomic E-state index is 13.4. The Labute approximate surface area is 156 Å². The lowest BCUT2D eigenvalue weighted by molar-refractivity contribution is -0.0900. The average molecular weight is 377 g/mol. The Morgan fingerprint density at radius 2 is 1.81 bits per heavy atom. The van der Waals surface area contributed by atoms with Gasteiger partial charge in [0.25, 0.3) is 5.91 Å². The second-order valence-corrected chi connectivity index (χ2v) is 7.10. The van der Waals surface area contributed by atoms with Gasteiger partial charge in [-0.15, -0.1) is 0 Å². The summed E-state index contributed by atoms with van der Waals surface area (Å²) in [7, 11) is 0. The molecule has 2 heterocycles. The number of likely N-dealkylation sites (tertiary alicyclic amines) is 1. The summed E-state index contributed by atoms with van der Waals surface area (Å²) < 4.78 is 40.1. The fraction of sp³-hybridized carbons (Fsp3) is 0.450. The number of rotatable bonds is 4. The van der Waals surface area contributed by atoms with Crippen LogP contribution in [0.15, 0.2) is 54.4 Å². The summed E-state index contributed by atoms with van der Waals surface area (Å²) in [6.45, 7) is 6.50. The van der Waals surface area contributed by atoms with Crippen LogP contribution in [0.25, 0.3) is 0 Å². The van der Waals surface area contributed by atoms with Crippen molar-refractivity contribution in [2.75, 3.05) is 13.1 Å². The number of carbonyl (C=O) groups is 1. The van der Waals surface area contributed by atoms with Gasteiger partial charge in [-0.05, 0) is 49.2 Å². The molecule has 1 aromatic rings. The average Bonchev–Trinajstić information content (AvgIpc) is 3.20. The highest BCUT2D eigenvalue weighted by Crippen LogP contribution is 2.47. The van der Waals surface area contributed by atoms with Crippen LogP contribution >= 0.6 is 0 Å². The largest absolute Gasteiger partial charge is 0.416 e. The van der Waals surface area contributed by atoms with E-state index in [4.69, 9.17) is 0 Å². The van der Waals surface area contributed by atoms with Gasteiger partial charge in [0.15, 0.2) is 0 Å². The van der Waals surface area contributed by atoms with E-state index in [0.717, 1.165) is 6.08 Å². The number of aromatic nitrogens is 2. The van der Waals surface area contributed by atoms with E-state index in [2.05, 4.69) is 16.5 Å². The van der Waals surface area contributed by atoms with Crippen LogP contribution in [0.5, 0.6) is 0 Å². The van der Waals surface area contributed by atoms with Crippen LogP contribution in [0.4, 0.5) is 13.2 Å². The molecule has 7 heteroatoms. The van der Waals surface area contributed by atoms with Crippen LogP contribution in [0.3, 0.4) is 0 Å². The van der Waals surface area contributed by atoms with E-state index >= 15 is 0 Å². The van der Waals surface area contributed by atoms with E-state index in [1.807, 2.05) is 0 Å². The zero-order valence-corrected chi connectivity index (χ0v) is 15.1. The topological polar surface area (TPSA) is 46.1 Å². The summed E-state index contributed by atoms with van der Waals surface area (Å²) in [5, 5.41) is 0. The lowest BCUT2D eigenvalue weighted by Crippen LogP contribution is -2.31. The number of halogens is 3. The molecule has 1 aliphatic heterocycles. The van der Waals surface area contributed by atoms with Crippen molar-refractivity contribution in [3.8, 4) is 0 Å². The molecule has 1 saturated carbocycles. The first-order chi connectivity index (χ1) is 12.8. The van der Waals surface area contributed by atoms with Crippen LogP contribution in [0, 0.1) is 17.8 Å². The van der Waals surface area contributed by atoms with Crippen LogP contribution < -0.4 is 0 Å². The summed E-state index contributed by atoms with van der Waals surface area (Å²) >= 11 is 0. The van der Waals surface area contributed by atoms with Crippen LogP contribution in [0.1, 0.15) is 30.4 Å². The third-order valence-electron chi connectivity index (χ3n) is 5.39. The summed E-state index contributed by atoms with van der Waals surface area (Å²) in [5.74, 6) is 0.117. The Bertz CT molecular complexity index is 756. The van der Waals surface area contributed by atoms with Crippen molar-refractivity contribution in [3.05, 3.63) is 60.2 Å². The molecule has 0 radical (unpaired) electrons. The third-order valence-corrected chi connectivity index (χ3v) is 5.39. The normalized spacial score (nSPS) is 25.9. The van der Waals surface area contributed by atoms with Crippen LogP contribution in [-0.2, 0) is 0 Å². The number of allylic oxidation sites excluding steroid dienone is 5. The smallest absolute Gasteiger partial charge is 0.335 e. The number of fused-ring (bicyclic) bond motifs is 1. The first-order valence-corrected chi connectivity index (χ1v) is 8.97. The fourth-order valence-electron chi connectivity index (χ4n) is 4.10.